The predicted octanol–water partition coefficient (Wildman–Crippen LogP) is 4.06. The molecule has 0 saturated carbocycles. The van der Waals surface area contributed by atoms with Crippen LogP contribution in [0.25, 0.3) is 0 Å². The summed E-state index contributed by atoms with van der Waals surface area (Å²) in [6, 6.07) is 0. The number of carbonyl (C=O) groups excluding carboxylic acids is 1. The minimum atomic E-state index is 0.180. The molecule has 0 bridgehead atoms. The molecule has 2 aromatic rings. The van der Waals surface area contributed by atoms with Crippen LogP contribution < -0.4 is 0 Å². The van der Waals surface area contributed by atoms with E-state index in [-0.39, 0.29) is 5.91 Å². The van der Waals surface area contributed by atoms with Crippen LogP contribution in [0.2, 0.25) is 0 Å². The first-order valence-electron chi connectivity index (χ1n) is 13.4. The first-order valence-corrected chi connectivity index (χ1v) is 13.4. The third kappa shape index (κ3) is 9.22. The van der Waals surface area contributed by atoms with Crippen LogP contribution in [-0.4, -0.2) is 79.8 Å². The van der Waals surface area contributed by atoms with Gasteiger partial charge in [0.15, 0.2) is 0 Å². The van der Waals surface area contributed by atoms with E-state index >= 15 is 0 Å². The average molecular weight is 472 g/mol. The van der Waals surface area contributed by atoms with E-state index in [1.165, 1.54) is 77.8 Å². The van der Waals surface area contributed by atoms with E-state index in [1.807, 2.05) is 4.90 Å². The number of rotatable bonds is 16. The van der Waals surface area contributed by atoms with Crippen LogP contribution in [0.15, 0.2) is 24.8 Å². The van der Waals surface area contributed by atoms with E-state index < -0.39 is 0 Å². The maximum atomic E-state index is 13.1. The second kappa shape index (κ2) is 14.9. The number of nitrogens with zero attached hydrogens (tertiary/aromatic N) is 5. The zero-order valence-corrected chi connectivity index (χ0v) is 21.3. The Labute approximate surface area is 205 Å². The predicted molar refractivity (Wildman–Crippen MR) is 136 cm³/mol. The normalized spacial score (nSPS) is 15.3. The van der Waals surface area contributed by atoms with Gasteiger partial charge in [-0.15, -0.1) is 0 Å². The number of unbranched alkanes of at least 4 members (excludes halogenated alkanes) is 1. The monoisotopic (exact) mass is 471 g/mol. The summed E-state index contributed by atoms with van der Waals surface area (Å²) in [5, 5.41) is 0. The third-order valence-corrected chi connectivity index (χ3v) is 6.90. The summed E-state index contributed by atoms with van der Waals surface area (Å²) in [7, 11) is 0. The molecule has 3 heterocycles. The molecule has 8 nitrogen and oxygen atoms in total. The van der Waals surface area contributed by atoms with E-state index in [1.54, 1.807) is 24.8 Å². The number of nitrogens with one attached hydrogen (secondary N) is 2. The molecule has 0 spiro atoms. The highest BCUT2D eigenvalue weighted by atomic mass is 16.2. The van der Waals surface area contributed by atoms with Gasteiger partial charge in [0.1, 0.15) is 11.6 Å². The standard InChI is InChI=1S/C26H45N7O/c1-3-15-31(16-4-2)17-5-6-18-32-19-9-23(10-20-32)7-8-26(34)33(21-24-27-11-12-28-24)22-25-29-13-14-30-25/h11-14,23H,3-10,15-22H2,1-2H3,(H,27,28)(H,29,30). The summed E-state index contributed by atoms with van der Waals surface area (Å²) < 4.78 is 0. The number of piperidine rings is 1. The number of imidazole rings is 2. The zero-order valence-electron chi connectivity index (χ0n) is 21.3. The molecule has 1 saturated heterocycles. The quantitative estimate of drug-likeness (QED) is 0.361. The smallest absolute Gasteiger partial charge is 0.223 e. The minimum Gasteiger partial charge on any atom is -0.347 e. The Hall–Kier alpha value is -2.19. The first-order chi connectivity index (χ1) is 16.7. The molecule has 1 aliphatic rings. The Morgan fingerprint density at radius 2 is 1.59 bits per heavy atom. The van der Waals surface area contributed by atoms with Crippen molar-refractivity contribution >= 4 is 5.91 Å². The average Bonchev–Trinajstić information content (AvgIpc) is 3.55. The van der Waals surface area contributed by atoms with Gasteiger partial charge in [-0.1, -0.05) is 13.8 Å². The van der Waals surface area contributed by atoms with Gasteiger partial charge in [0.25, 0.3) is 0 Å². The largest absolute Gasteiger partial charge is 0.347 e. The highest BCUT2D eigenvalue weighted by Gasteiger charge is 2.22. The summed E-state index contributed by atoms with van der Waals surface area (Å²) in [5.41, 5.74) is 0. The van der Waals surface area contributed by atoms with Gasteiger partial charge >= 0.3 is 0 Å². The van der Waals surface area contributed by atoms with Crippen LogP contribution in [0, 0.1) is 5.92 Å². The van der Waals surface area contributed by atoms with Gasteiger partial charge in [0, 0.05) is 31.2 Å². The maximum absolute atomic E-state index is 13.1. The molecule has 2 N–H and O–H groups in total. The molecule has 1 aliphatic heterocycles. The lowest BCUT2D eigenvalue weighted by molar-refractivity contribution is -0.133. The van der Waals surface area contributed by atoms with Crippen molar-refractivity contribution in [2.24, 2.45) is 5.92 Å². The number of H-pyrrole nitrogens is 2. The van der Waals surface area contributed by atoms with Crippen molar-refractivity contribution in [3.63, 3.8) is 0 Å². The van der Waals surface area contributed by atoms with Crippen molar-refractivity contribution in [2.45, 2.75) is 78.3 Å². The number of aromatic nitrogens is 4. The van der Waals surface area contributed by atoms with Crippen LogP contribution in [0.5, 0.6) is 0 Å². The second-order valence-corrected chi connectivity index (χ2v) is 9.69. The lowest BCUT2D eigenvalue weighted by Crippen LogP contribution is -2.36. The molecule has 0 aromatic carbocycles. The molecule has 1 fully saturated rings. The zero-order chi connectivity index (χ0) is 24.0. The van der Waals surface area contributed by atoms with Crippen molar-refractivity contribution < 1.29 is 4.79 Å². The van der Waals surface area contributed by atoms with Crippen LogP contribution in [-0.2, 0) is 17.9 Å². The van der Waals surface area contributed by atoms with Crippen LogP contribution in [0.3, 0.4) is 0 Å². The van der Waals surface area contributed by atoms with Crippen LogP contribution in [0.1, 0.15) is 76.9 Å². The number of amides is 1. The highest BCUT2D eigenvalue weighted by Crippen LogP contribution is 2.23. The van der Waals surface area contributed by atoms with Crippen LogP contribution >= 0.6 is 0 Å². The Kier molecular flexibility index (Phi) is 11.6. The Morgan fingerprint density at radius 3 is 2.12 bits per heavy atom. The number of hydrogen-bond donors (Lipinski definition) is 2. The van der Waals surface area contributed by atoms with E-state index in [4.69, 9.17) is 0 Å². The van der Waals surface area contributed by atoms with E-state index in [0.29, 0.717) is 25.4 Å². The van der Waals surface area contributed by atoms with Gasteiger partial charge in [0.05, 0.1) is 13.1 Å². The lowest BCUT2D eigenvalue weighted by atomic mass is 9.92. The molecule has 3 rings (SSSR count). The van der Waals surface area contributed by atoms with E-state index in [9.17, 15) is 4.79 Å². The molecule has 0 atom stereocenters. The third-order valence-electron chi connectivity index (χ3n) is 6.90. The molecule has 8 heteroatoms. The number of carbonyl (C=O) groups is 1. The van der Waals surface area contributed by atoms with Crippen molar-refractivity contribution in [3.05, 3.63) is 36.4 Å². The van der Waals surface area contributed by atoms with Gasteiger partial charge in [0.2, 0.25) is 5.91 Å². The fourth-order valence-electron chi connectivity index (χ4n) is 4.99. The van der Waals surface area contributed by atoms with Gasteiger partial charge in [-0.25, -0.2) is 9.97 Å². The Balaban J connectivity index is 1.34. The molecular formula is C26H45N7O. The second-order valence-electron chi connectivity index (χ2n) is 9.69. The Bertz CT molecular complexity index is 727. The highest BCUT2D eigenvalue weighted by molar-refractivity contribution is 5.76. The van der Waals surface area contributed by atoms with Crippen molar-refractivity contribution in [2.75, 3.05) is 39.3 Å². The summed E-state index contributed by atoms with van der Waals surface area (Å²) in [5.74, 6) is 2.44. The summed E-state index contributed by atoms with van der Waals surface area (Å²) in [4.78, 5) is 35.0. The molecule has 0 radical (unpaired) electrons. The fourth-order valence-corrected chi connectivity index (χ4v) is 4.99. The number of aromatic amines is 2. The van der Waals surface area contributed by atoms with Gasteiger partial charge < -0.3 is 24.7 Å². The number of likely N-dealkylation sites (tertiary alicyclic amines) is 1. The van der Waals surface area contributed by atoms with Crippen molar-refractivity contribution in [1.82, 2.24) is 34.6 Å². The first kappa shape index (κ1) is 26.4. The molecule has 34 heavy (non-hydrogen) atoms. The van der Waals surface area contributed by atoms with E-state index in [0.717, 1.165) is 18.1 Å². The Morgan fingerprint density at radius 1 is 0.971 bits per heavy atom. The van der Waals surface area contributed by atoms with Crippen molar-refractivity contribution in [1.29, 1.82) is 0 Å². The summed E-state index contributed by atoms with van der Waals surface area (Å²) in [6.07, 6.45) is 16.1. The topological polar surface area (TPSA) is 84.2 Å². The molecule has 2 aromatic heterocycles. The van der Waals surface area contributed by atoms with Gasteiger partial charge in [-0.05, 0) is 90.1 Å². The molecular weight excluding hydrogens is 426 g/mol. The maximum Gasteiger partial charge on any atom is 0.223 e. The van der Waals surface area contributed by atoms with E-state index in [2.05, 4.69) is 43.6 Å². The molecule has 0 unspecified atom stereocenters. The number of hydrogen-bond acceptors (Lipinski definition) is 5. The molecule has 190 valence electrons. The molecule has 0 aliphatic carbocycles. The minimum absolute atomic E-state index is 0.180. The fraction of sp³-hybridized carbons (Fsp3) is 0.731. The SMILES string of the molecule is CCCN(CCC)CCCCN1CCC(CCC(=O)N(Cc2ncc[nH]2)Cc2ncc[nH]2)CC1. The lowest BCUT2D eigenvalue weighted by Gasteiger charge is -2.32. The van der Waals surface area contributed by atoms with Crippen LogP contribution in [0.4, 0.5) is 0 Å². The summed E-state index contributed by atoms with van der Waals surface area (Å²) >= 11 is 0. The van der Waals surface area contributed by atoms with Crippen molar-refractivity contribution in [3.8, 4) is 0 Å². The van der Waals surface area contributed by atoms with Gasteiger partial charge in [-0.2, -0.15) is 0 Å². The molecule has 1 amide bonds. The van der Waals surface area contributed by atoms with Gasteiger partial charge in [-0.3, -0.25) is 4.79 Å². The summed E-state index contributed by atoms with van der Waals surface area (Å²) in [6.45, 7) is 12.8.